The molecule has 0 saturated carbocycles. The van der Waals surface area contributed by atoms with E-state index in [0.717, 1.165) is 17.2 Å². The molecule has 3 aromatic heterocycles. The van der Waals surface area contributed by atoms with Gasteiger partial charge in [-0.15, -0.1) is 0 Å². The van der Waals surface area contributed by atoms with Crippen molar-refractivity contribution < 1.29 is 4.42 Å². The normalized spacial score (nSPS) is 14.4. The van der Waals surface area contributed by atoms with Gasteiger partial charge in [0.25, 0.3) is 0 Å². The van der Waals surface area contributed by atoms with Crippen LogP contribution in [0.4, 0.5) is 17.3 Å². The minimum atomic E-state index is -0.198. The third-order valence-corrected chi connectivity index (χ3v) is 16.6. The van der Waals surface area contributed by atoms with E-state index in [9.17, 15) is 0 Å². The summed E-state index contributed by atoms with van der Waals surface area (Å²) in [6.45, 7) is 42.0. The van der Waals surface area contributed by atoms with Crippen LogP contribution < -0.4 is 15.8 Å². The van der Waals surface area contributed by atoms with Crippen molar-refractivity contribution >= 4 is 89.6 Å². The Balaban J connectivity index is 1.35. The number of furan rings is 1. The molecule has 0 bridgehead atoms. The van der Waals surface area contributed by atoms with Crippen LogP contribution in [0.3, 0.4) is 0 Å². The topological polar surface area (TPSA) is 26.2 Å². The zero-order valence-corrected chi connectivity index (χ0v) is 46.9. The van der Waals surface area contributed by atoms with Crippen molar-refractivity contribution in [2.45, 2.75) is 157 Å². The smallest absolute Gasteiger partial charge is 0.337 e. The van der Waals surface area contributed by atoms with E-state index < -0.39 is 0 Å². The summed E-state index contributed by atoms with van der Waals surface area (Å²) < 4.78 is 13.1. The lowest BCUT2D eigenvalue weighted by Crippen LogP contribution is -2.56. The quantitative estimate of drug-likeness (QED) is 0.161. The van der Waals surface area contributed by atoms with E-state index in [2.05, 4.69) is 260 Å². The summed E-state index contributed by atoms with van der Waals surface area (Å²) in [6.07, 6.45) is 0. The van der Waals surface area contributed by atoms with Crippen LogP contribution in [0, 0.1) is 0 Å². The van der Waals surface area contributed by atoms with Crippen molar-refractivity contribution in [3.63, 3.8) is 0 Å². The van der Waals surface area contributed by atoms with E-state index in [1.807, 2.05) is 0 Å². The van der Waals surface area contributed by atoms with E-state index >= 15 is 0 Å². The molecule has 0 fully saturated rings. The third-order valence-electron chi connectivity index (χ3n) is 16.6. The van der Waals surface area contributed by atoms with Gasteiger partial charge in [0.2, 0.25) is 5.88 Å². The molecule has 4 nitrogen and oxygen atoms in total. The second kappa shape index (κ2) is 15.1. The van der Waals surface area contributed by atoms with Crippen molar-refractivity contribution in [1.29, 1.82) is 0 Å². The predicted octanol–water partition coefficient (Wildman–Crippen LogP) is 17.8. The van der Waals surface area contributed by atoms with Crippen LogP contribution in [0.25, 0.3) is 71.4 Å². The van der Waals surface area contributed by atoms with Gasteiger partial charge in [-0.3, -0.25) is 4.90 Å². The zero-order valence-electron chi connectivity index (χ0n) is 46.9. The van der Waals surface area contributed by atoms with Crippen LogP contribution in [0.15, 0.2) is 126 Å². The van der Waals surface area contributed by atoms with Gasteiger partial charge in [-0.2, -0.15) is 0 Å². The summed E-state index contributed by atoms with van der Waals surface area (Å²) in [6, 6.07) is 47.6. The number of fused-ring (bicyclic) bond motifs is 13. The highest BCUT2D eigenvalue weighted by molar-refractivity contribution is 6.91. The molecule has 0 amide bonds. The van der Waals surface area contributed by atoms with Gasteiger partial charge in [-0.25, -0.2) is 0 Å². The Morgan fingerprint density at radius 1 is 0.397 bits per heavy atom. The lowest BCUT2D eigenvalue weighted by Gasteiger charge is -2.39. The Morgan fingerprint density at radius 3 is 1.53 bits per heavy atom. The molecule has 7 aromatic carbocycles. The van der Waals surface area contributed by atoms with E-state index in [0.29, 0.717) is 0 Å². The van der Waals surface area contributed by atoms with Crippen LogP contribution in [0.5, 0.6) is 0 Å². The summed E-state index contributed by atoms with van der Waals surface area (Å²) in [5.74, 6) is 0.906. The van der Waals surface area contributed by atoms with Crippen molar-refractivity contribution in [3.8, 4) is 16.8 Å². The van der Waals surface area contributed by atoms with Gasteiger partial charge in [0.1, 0.15) is 5.58 Å². The Hall–Kier alpha value is -6.46. The van der Waals surface area contributed by atoms with E-state index in [1.54, 1.807) is 0 Å². The van der Waals surface area contributed by atoms with Crippen molar-refractivity contribution in [3.05, 3.63) is 155 Å². The number of aromatic nitrogens is 2. The Morgan fingerprint density at radius 2 is 0.945 bits per heavy atom. The molecule has 0 atom stereocenters. The average Bonchev–Trinajstić information content (AvgIpc) is 3.96. The van der Waals surface area contributed by atoms with Crippen LogP contribution >= 0.6 is 0 Å². The first-order valence-electron chi connectivity index (χ1n) is 26.9. The number of benzene rings is 7. The molecule has 5 heteroatoms. The number of anilines is 3. The largest absolute Gasteiger partial charge is 0.440 e. The molecule has 0 N–H and O–H groups in total. The number of hydrogen-bond acceptors (Lipinski definition) is 2. The molecule has 0 aliphatic carbocycles. The summed E-state index contributed by atoms with van der Waals surface area (Å²) in [5.41, 5.74) is 21.9. The van der Waals surface area contributed by atoms with Crippen LogP contribution in [0.1, 0.15) is 158 Å². The molecule has 2 aliphatic heterocycles. The maximum atomic E-state index is 7.73. The lowest BCUT2D eigenvalue weighted by atomic mass is 9.45. The highest BCUT2D eigenvalue weighted by Crippen LogP contribution is 2.53. The molecule has 0 unspecified atom stereocenters. The molecule has 10 aromatic rings. The summed E-state index contributed by atoms with van der Waals surface area (Å²) >= 11 is 0. The Labute approximate surface area is 434 Å². The Kier molecular flexibility index (Phi) is 9.82. The highest BCUT2D eigenvalue weighted by Gasteiger charge is 2.48. The molecular weight excluding hydrogens is 886 g/mol. The fourth-order valence-electron chi connectivity index (χ4n) is 12.3. The van der Waals surface area contributed by atoms with Crippen LogP contribution in [0.2, 0.25) is 0 Å². The van der Waals surface area contributed by atoms with Gasteiger partial charge in [-0.1, -0.05) is 179 Å². The zero-order chi connectivity index (χ0) is 52.0. The summed E-state index contributed by atoms with van der Waals surface area (Å²) in [5, 5.41) is 6.36. The number of para-hydroxylation sites is 1. The van der Waals surface area contributed by atoms with Crippen molar-refractivity contribution in [1.82, 2.24) is 9.05 Å². The lowest BCUT2D eigenvalue weighted by molar-refractivity contribution is 0.552. The van der Waals surface area contributed by atoms with Crippen molar-refractivity contribution in [2.75, 3.05) is 4.90 Å². The molecule has 0 spiro atoms. The van der Waals surface area contributed by atoms with Crippen LogP contribution in [-0.2, 0) is 32.5 Å². The maximum absolute atomic E-state index is 7.73. The standard InChI is InChI=1S/C68H74BN3O/c1-63(2,3)39-24-28-45(29-25-39)71-55-37-43(67(13,14)15)34-47-49-38-48-46-32-40(64(4,5)6)26-30-53(46)70(44-22-20-19-21-23-44)59(48)56-50-33-41(65(7,8)9)27-31-54(50)72(60(49)56)69(57(47)55)58-51-35-42(66(10,11)12)36-52(68(16,17)18)61(51)73-62(58)71/h19-38H,1-18H3. The molecule has 370 valence electrons. The molecular formula is C68H74BN3O. The van der Waals surface area contributed by atoms with Gasteiger partial charge in [0.15, 0.2) is 0 Å². The first kappa shape index (κ1) is 47.5. The second-order valence-corrected chi connectivity index (χ2v) is 28.0. The van der Waals surface area contributed by atoms with Gasteiger partial charge >= 0.3 is 6.85 Å². The van der Waals surface area contributed by atoms with Crippen LogP contribution in [-0.4, -0.2) is 15.9 Å². The molecule has 0 saturated heterocycles. The monoisotopic (exact) mass is 960 g/mol. The average molecular weight is 960 g/mol. The third kappa shape index (κ3) is 7.07. The Bertz CT molecular complexity index is 3940. The fourth-order valence-corrected chi connectivity index (χ4v) is 12.3. The van der Waals surface area contributed by atoms with Gasteiger partial charge < -0.3 is 13.5 Å². The van der Waals surface area contributed by atoms with Gasteiger partial charge in [0.05, 0.1) is 11.0 Å². The van der Waals surface area contributed by atoms with Gasteiger partial charge in [0, 0.05) is 71.6 Å². The molecule has 0 radical (unpaired) electrons. The minimum Gasteiger partial charge on any atom is -0.440 e. The predicted molar refractivity (Wildman–Crippen MR) is 316 cm³/mol. The summed E-state index contributed by atoms with van der Waals surface area (Å²) in [7, 11) is 0. The van der Waals surface area contributed by atoms with E-state index in [1.165, 1.54) is 116 Å². The SMILES string of the molecule is CC(C)(C)c1ccc(N2c3cc(C(C)(C)C)cc4c3B(c3c2oc2c(C(C)(C)C)cc(C(C)(C)C)cc32)n2c3ccc(C(C)(C)C)cc3c3c2c-4cc2c4cc(C(C)(C)C)ccc4n(-c4ccccc4)c23)cc1. The highest BCUT2D eigenvalue weighted by atomic mass is 16.4. The first-order chi connectivity index (χ1) is 34.0. The number of nitrogens with zero attached hydrogens (tertiary/aromatic N) is 3. The van der Waals surface area contributed by atoms with Crippen molar-refractivity contribution in [2.24, 2.45) is 0 Å². The molecule has 73 heavy (non-hydrogen) atoms. The molecule has 12 rings (SSSR count). The maximum Gasteiger partial charge on any atom is 0.337 e. The molecule has 5 heterocycles. The van der Waals surface area contributed by atoms with E-state index in [4.69, 9.17) is 4.42 Å². The second-order valence-electron chi connectivity index (χ2n) is 28.0. The summed E-state index contributed by atoms with van der Waals surface area (Å²) in [4.78, 5) is 2.50. The number of hydrogen-bond donors (Lipinski definition) is 0. The number of rotatable bonds is 2. The van der Waals surface area contributed by atoms with Gasteiger partial charge in [-0.05, 0) is 138 Å². The molecule has 2 aliphatic rings. The minimum absolute atomic E-state index is 0.00631. The fraction of sp³-hybridized carbons (Fsp3) is 0.353. The van der Waals surface area contributed by atoms with E-state index in [-0.39, 0.29) is 39.3 Å². The first-order valence-corrected chi connectivity index (χ1v) is 26.9.